The Balaban J connectivity index is 1.59. The van der Waals surface area contributed by atoms with Crippen LogP contribution in [0.25, 0.3) is 0 Å². The van der Waals surface area contributed by atoms with Crippen molar-refractivity contribution in [3.63, 3.8) is 0 Å². The van der Waals surface area contributed by atoms with E-state index in [1.807, 2.05) is 0 Å². The van der Waals surface area contributed by atoms with Gasteiger partial charge in [-0.2, -0.15) is 4.37 Å². The minimum absolute atomic E-state index is 0.0663. The number of anilines is 1. The normalized spacial score (nSPS) is 14.3. The standard InChI is InChI=1S/C18H19ClF2N4O5S/c19-10-7-12(20)11(13(21)8-10)9-30-15-14(17(26)27)16(31-24-15)23-18(28)22-1-2-25-3-5-29-6-4-25/h7-8H,1-6,9H2,(H,26,27)(H2,22,23,28). The first kappa shape index (κ1) is 23.1. The number of halogens is 3. The lowest BCUT2D eigenvalue weighted by Gasteiger charge is -2.26. The topological polar surface area (TPSA) is 113 Å². The van der Waals surface area contributed by atoms with Crippen LogP contribution in [-0.4, -0.2) is 65.8 Å². The third-order valence-corrected chi connectivity index (χ3v) is 5.34. The highest BCUT2D eigenvalue weighted by atomic mass is 35.5. The first-order valence-electron chi connectivity index (χ1n) is 9.19. The van der Waals surface area contributed by atoms with Crippen molar-refractivity contribution >= 4 is 40.1 Å². The van der Waals surface area contributed by atoms with Gasteiger partial charge in [-0.25, -0.2) is 18.4 Å². The van der Waals surface area contributed by atoms with Crippen molar-refractivity contribution in [1.82, 2.24) is 14.6 Å². The number of rotatable bonds is 8. The van der Waals surface area contributed by atoms with Gasteiger partial charge in [0.1, 0.15) is 23.2 Å². The molecule has 1 aromatic heterocycles. The molecule has 0 atom stereocenters. The number of nitrogens with one attached hydrogen (secondary N) is 2. The number of aromatic nitrogens is 1. The largest absolute Gasteiger partial charge is 0.477 e. The molecule has 0 saturated carbocycles. The Kier molecular flexibility index (Phi) is 7.96. The van der Waals surface area contributed by atoms with Crippen molar-refractivity contribution in [3.8, 4) is 5.88 Å². The summed E-state index contributed by atoms with van der Waals surface area (Å²) in [7, 11) is 0. The van der Waals surface area contributed by atoms with Crippen molar-refractivity contribution in [2.75, 3.05) is 44.7 Å². The number of carbonyl (C=O) groups excluding carboxylic acids is 1. The van der Waals surface area contributed by atoms with Crippen molar-refractivity contribution in [3.05, 3.63) is 39.9 Å². The van der Waals surface area contributed by atoms with E-state index in [1.165, 1.54) is 0 Å². The molecule has 2 aromatic rings. The average molecular weight is 477 g/mol. The molecule has 31 heavy (non-hydrogen) atoms. The molecule has 1 aromatic carbocycles. The number of hydrogen-bond donors (Lipinski definition) is 3. The van der Waals surface area contributed by atoms with Crippen molar-refractivity contribution in [2.24, 2.45) is 0 Å². The number of carbonyl (C=O) groups is 2. The lowest BCUT2D eigenvalue weighted by Crippen LogP contribution is -2.42. The van der Waals surface area contributed by atoms with E-state index >= 15 is 0 Å². The Morgan fingerprint density at radius 2 is 1.97 bits per heavy atom. The van der Waals surface area contributed by atoms with E-state index in [1.54, 1.807) is 0 Å². The number of morpholine rings is 1. The van der Waals surface area contributed by atoms with Gasteiger partial charge in [0.25, 0.3) is 0 Å². The second-order valence-electron chi connectivity index (χ2n) is 6.47. The number of nitrogens with zero attached hydrogens (tertiary/aromatic N) is 2. The summed E-state index contributed by atoms with van der Waals surface area (Å²) in [6.07, 6.45) is 0. The van der Waals surface area contributed by atoms with Gasteiger partial charge in [-0.1, -0.05) is 11.6 Å². The highest BCUT2D eigenvalue weighted by molar-refractivity contribution is 7.11. The van der Waals surface area contributed by atoms with Crippen LogP contribution in [-0.2, 0) is 11.3 Å². The molecule has 2 amide bonds. The van der Waals surface area contributed by atoms with E-state index < -0.39 is 41.4 Å². The van der Waals surface area contributed by atoms with Crippen LogP contribution in [0.5, 0.6) is 5.88 Å². The number of hydrogen-bond acceptors (Lipinski definition) is 7. The fraction of sp³-hybridized carbons (Fsp3) is 0.389. The van der Waals surface area contributed by atoms with Gasteiger partial charge in [0.2, 0.25) is 5.88 Å². The summed E-state index contributed by atoms with van der Waals surface area (Å²) in [4.78, 5) is 25.9. The number of carboxylic acids is 1. The quantitative estimate of drug-likeness (QED) is 0.537. The smallest absolute Gasteiger partial charge is 0.344 e. The van der Waals surface area contributed by atoms with Gasteiger partial charge >= 0.3 is 12.0 Å². The first-order valence-corrected chi connectivity index (χ1v) is 10.3. The molecule has 3 rings (SSSR count). The third-order valence-electron chi connectivity index (χ3n) is 4.38. The van der Waals surface area contributed by atoms with Gasteiger partial charge in [0.05, 0.1) is 18.8 Å². The van der Waals surface area contributed by atoms with Crippen LogP contribution in [0.4, 0.5) is 18.6 Å². The summed E-state index contributed by atoms with van der Waals surface area (Å²) < 4.78 is 42.1. The number of benzene rings is 1. The Morgan fingerprint density at radius 3 is 2.61 bits per heavy atom. The van der Waals surface area contributed by atoms with Crippen LogP contribution in [0.1, 0.15) is 15.9 Å². The van der Waals surface area contributed by atoms with Crippen LogP contribution >= 0.6 is 23.1 Å². The summed E-state index contributed by atoms with van der Waals surface area (Å²) >= 11 is 6.25. The molecule has 1 saturated heterocycles. The van der Waals surface area contributed by atoms with Crippen molar-refractivity contribution in [1.29, 1.82) is 0 Å². The van der Waals surface area contributed by atoms with Crippen molar-refractivity contribution in [2.45, 2.75) is 6.61 Å². The number of amides is 2. The Hall–Kier alpha value is -2.54. The zero-order chi connectivity index (χ0) is 22.4. The predicted molar refractivity (Wildman–Crippen MR) is 109 cm³/mol. The van der Waals surface area contributed by atoms with Gasteiger partial charge in [0, 0.05) is 31.2 Å². The van der Waals surface area contributed by atoms with E-state index in [-0.39, 0.29) is 15.9 Å². The minimum atomic E-state index is -1.41. The third kappa shape index (κ3) is 6.23. The SMILES string of the molecule is O=C(NCCN1CCOCC1)Nc1snc(OCc2c(F)cc(Cl)cc2F)c1C(=O)O. The summed E-state index contributed by atoms with van der Waals surface area (Å²) in [5, 5.41) is 14.3. The molecule has 0 bridgehead atoms. The number of urea groups is 1. The second kappa shape index (κ2) is 10.7. The Bertz CT molecular complexity index is 932. The summed E-state index contributed by atoms with van der Waals surface area (Å²) in [5.74, 6) is -3.65. The van der Waals surface area contributed by atoms with Crippen molar-refractivity contribution < 1.29 is 33.0 Å². The van der Waals surface area contributed by atoms with Gasteiger partial charge < -0.3 is 19.9 Å². The molecular weight excluding hydrogens is 458 g/mol. The fourth-order valence-electron chi connectivity index (χ4n) is 2.80. The zero-order valence-corrected chi connectivity index (χ0v) is 17.7. The van der Waals surface area contributed by atoms with E-state index in [0.717, 1.165) is 25.2 Å². The van der Waals surface area contributed by atoms with Gasteiger partial charge in [0.15, 0.2) is 5.56 Å². The molecule has 1 fully saturated rings. The maximum Gasteiger partial charge on any atom is 0.344 e. The molecule has 0 aliphatic carbocycles. The monoisotopic (exact) mass is 476 g/mol. The Labute approximate surface area is 185 Å². The molecule has 9 nitrogen and oxygen atoms in total. The summed E-state index contributed by atoms with van der Waals surface area (Å²) in [6.45, 7) is 3.20. The van der Waals surface area contributed by atoms with E-state index in [0.29, 0.717) is 37.8 Å². The number of carboxylic acid groups (broad SMARTS) is 1. The molecule has 1 aliphatic rings. The van der Waals surface area contributed by atoms with Crippen LogP contribution < -0.4 is 15.4 Å². The fourth-order valence-corrected chi connectivity index (χ4v) is 3.71. The molecule has 0 unspecified atom stereocenters. The summed E-state index contributed by atoms with van der Waals surface area (Å²) in [6, 6.07) is 1.22. The predicted octanol–water partition coefficient (Wildman–Crippen LogP) is 2.81. The molecule has 168 valence electrons. The maximum atomic E-state index is 13.9. The van der Waals surface area contributed by atoms with Crippen LogP contribution in [0.15, 0.2) is 12.1 Å². The van der Waals surface area contributed by atoms with E-state index in [4.69, 9.17) is 21.1 Å². The van der Waals surface area contributed by atoms with Gasteiger partial charge in [-0.3, -0.25) is 10.2 Å². The van der Waals surface area contributed by atoms with E-state index in [2.05, 4.69) is 19.9 Å². The lowest BCUT2D eigenvalue weighted by atomic mass is 10.2. The maximum absolute atomic E-state index is 13.9. The molecule has 2 heterocycles. The van der Waals surface area contributed by atoms with Crippen LogP contribution in [0.2, 0.25) is 5.02 Å². The number of ether oxygens (including phenoxy) is 2. The average Bonchev–Trinajstić information content (AvgIpc) is 3.10. The van der Waals surface area contributed by atoms with Crippen LogP contribution in [0, 0.1) is 11.6 Å². The lowest BCUT2D eigenvalue weighted by molar-refractivity contribution is 0.0388. The second-order valence-corrected chi connectivity index (χ2v) is 7.68. The molecule has 3 N–H and O–H groups in total. The molecular formula is C18H19ClF2N4O5S. The Morgan fingerprint density at radius 1 is 1.29 bits per heavy atom. The highest BCUT2D eigenvalue weighted by Gasteiger charge is 2.24. The van der Waals surface area contributed by atoms with Crippen LogP contribution in [0.3, 0.4) is 0 Å². The zero-order valence-electron chi connectivity index (χ0n) is 16.1. The van der Waals surface area contributed by atoms with E-state index in [9.17, 15) is 23.5 Å². The first-order chi connectivity index (χ1) is 14.8. The minimum Gasteiger partial charge on any atom is -0.477 e. The molecule has 13 heteroatoms. The summed E-state index contributed by atoms with van der Waals surface area (Å²) in [5.41, 5.74) is -0.841. The molecule has 0 spiro atoms. The van der Waals surface area contributed by atoms with Gasteiger partial charge in [-0.05, 0) is 23.7 Å². The number of aromatic carboxylic acids is 1. The highest BCUT2D eigenvalue weighted by Crippen LogP contribution is 2.31. The molecule has 1 aliphatic heterocycles. The van der Waals surface area contributed by atoms with Gasteiger partial charge in [-0.15, -0.1) is 0 Å². The molecule has 0 radical (unpaired) electrons.